The minimum Gasteiger partial charge on any atom is -0.388 e. The third-order valence-electron chi connectivity index (χ3n) is 2.17. The SMILES string of the molecule is CCc1nnc(C)cc1-c1nc(CO)no1. The highest BCUT2D eigenvalue weighted by Gasteiger charge is 2.13. The number of hydrogen-bond donors (Lipinski definition) is 1. The second kappa shape index (κ2) is 4.36. The normalized spacial score (nSPS) is 10.7. The molecule has 84 valence electrons. The summed E-state index contributed by atoms with van der Waals surface area (Å²) >= 11 is 0. The van der Waals surface area contributed by atoms with Gasteiger partial charge in [0.2, 0.25) is 0 Å². The van der Waals surface area contributed by atoms with E-state index in [-0.39, 0.29) is 12.4 Å². The van der Waals surface area contributed by atoms with E-state index < -0.39 is 0 Å². The molecule has 1 N–H and O–H groups in total. The van der Waals surface area contributed by atoms with Gasteiger partial charge in [-0.1, -0.05) is 12.1 Å². The van der Waals surface area contributed by atoms with Gasteiger partial charge in [-0.3, -0.25) is 0 Å². The zero-order valence-electron chi connectivity index (χ0n) is 9.14. The number of hydrogen-bond acceptors (Lipinski definition) is 6. The number of rotatable bonds is 3. The Morgan fingerprint density at radius 3 is 2.81 bits per heavy atom. The fourth-order valence-electron chi connectivity index (χ4n) is 1.39. The minimum absolute atomic E-state index is 0.234. The van der Waals surface area contributed by atoms with Gasteiger partial charge in [0.15, 0.2) is 5.82 Å². The molecule has 6 heteroatoms. The molecule has 0 aromatic carbocycles. The predicted molar refractivity (Wildman–Crippen MR) is 55.4 cm³/mol. The Balaban J connectivity index is 2.49. The zero-order chi connectivity index (χ0) is 11.5. The van der Waals surface area contributed by atoms with Crippen molar-refractivity contribution in [1.29, 1.82) is 0 Å². The lowest BCUT2D eigenvalue weighted by Gasteiger charge is -2.01. The highest BCUT2D eigenvalue weighted by molar-refractivity contribution is 5.56. The average molecular weight is 220 g/mol. The number of aromatic nitrogens is 4. The third-order valence-corrected chi connectivity index (χ3v) is 2.17. The maximum atomic E-state index is 8.87. The summed E-state index contributed by atoms with van der Waals surface area (Å²) in [5, 5.41) is 20.5. The fourth-order valence-corrected chi connectivity index (χ4v) is 1.39. The van der Waals surface area contributed by atoms with Crippen LogP contribution < -0.4 is 0 Å². The van der Waals surface area contributed by atoms with Crippen molar-refractivity contribution in [1.82, 2.24) is 20.3 Å². The molecule has 0 aliphatic carbocycles. The van der Waals surface area contributed by atoms with Gasteiger partial charge in [0.05, 0.1) is 17.0 Å². The summed E-state index contributed by atoms with van der Waals surface area (Å²) < 4.78 is 5.05. The molecule has 0 radical (unpaired) electrons. The monoisotopic (exact) mass is 220 g/mol. The highest BCUT2D eigenvalue weighted by atomic mass is 16.5. The van der Waals surface area contributed by atoms with Gasteiger partial charge in [-0.25, -0.2) is 0 Å². The van der Waals surface area contributed by atoms with E-state index in [1.54, 1.807) is 0 Å². The van der Waals surface area contributed by atoms with Crippen LogP contribution in [-0.4, -0.2) is 25.4 Å². The predicted octanol–water partition coefficient (Wildman–Crippen LogP) is 0.890. The van der Waals surface area contributed by atoms with E-state index >= 15 is 0 Å². The van der Waals surface area contributed by atoms with Crippen molar-refractivity contribution in [3.05, 3.63) is 23.3 Å². The first-order chi connectivity index (χ1) is 7.74. The minimum atomic E-state index is -0.234. The third kappa shape index (κ3) is 1.92. The van der Waals surface area contributed by atoms with Crippen molar-refractivity contribution in [3.8, 4) is 11.5 Å². The first-order valence-electron chi connectivity index (χ1n) is 5.01. The molecule has 0 aliphatic rings. The molecule has 2 aromatic heterocycles. The molecule has 2 aromatic rings. The standard InChI is InChI=1S/C10H12N4O2/c1-3-8-7(4-6(2)12-13-8)10-11-9(5-15)14-16-10/h4,15H,3,5H2,1-2H3. The van der Waals surface area contributed by atoms with E-state index in [4.69, 9.17) is 9.63 Å². The van der Waals surface area contributed by atoms with Gasteiger partial charge < -0.3 is 9.63 Å². The quantitative estimate of drug-likeness (QED) is 0.826. The summed E-state index contributed by atoms with van der Waals surface area (Å²) in [6.07, 6.45) is 0.736. The number of aliphatic hydroxyl groups excluding tert-OH is 1. The number of nitrogens with zero attached hydrogens (tertiary/aromatic N) is 4. The molecule has 0 saturated carbocycles. The van der Waals surface area contributed by atoms with Crippen LogP contribution in [0.4, 0.5) is 0 Å². The number of aliphatic hydroxyl groups is 1. The van der Waals surface area contributed by atoms with Crippen LogP contribution in [-0.2, 0) is 13.0 Å². The first kappa shape index (κ1) is 10.7. The molecular formula is C10H12N4O2. The van der Waals surface area contributed by atoms with Gasteiger partial charge in [-0.2, -0.15) is 15.2 Å². The van der Waals surface area contributed by atoms with Crippen LogP contribution >= 0.6 is 0 Å². The molecule has 16 heavy (non-hydrogen) atoms. The Hall–Kier alpha value is -1.82. The van der Waals surface area contributed by atoms with E-state index in [9.17, 15) is 0 Å². The highest BCUT2D eigenvalue weighted by Crippen LogP contribution is 2.21. The lowest BCUT2D eigenvalue weighted by atomic mass is 10.1. The Morgan fingerprint density at radius 1 is 1.38 bits per heavy atom. The van der Waals surface area contributed by atoms with Crippen molar-refractivity contribution < 1.29 is 9.63 Å². The van der Waals surface area contributed by atoms with Crippen molar-refractivity contribution in [3.63, 3.8) is 0 Å². The lowest BCUT2D eigenvalue weighted by molar-refractivity contribution is 0.264. The molecule has 0 spiro atoms. The van der Waals surface area contributed by atoms with Crippen LogP contribution in [0.3, 0.4) is 0 Å². The van der Waals surface area contributed by atoms with Gasteiger partial charge >= 0.3 is 0 Å². The van der Waals surface area contributed by atoms with Crippen LogP contribution in [0.2, 0.25) is 0 Å². The van der Waals surface area contributed by atoms with Crippen molar-refractivity contribution in [2.45, 2.75) is 26.9 Å². The molecule has 0 aliphatic heterocycles. The molecule has 2 heterocycles. The second-order valence-electron chi connectivity index (χ2n) is 3.37. The molecule has 6 nitrogen and oxygen atoms in total. The van der Waals surface area contributed by atoms with Crippen LogP contribution in [0.5, 0.6) is 0 Å². The summed E-state index contributed by atoms with van der Waals surface area (Å²) in [6.45, 7) is 3.59. The van der Waals surface area contributed by atoms with E-state index in [2.05, 4.69) is 20.3 Å². The molecule has 0 atom stereocenters. The van der Waals surface area contributed by atoms with E-state index in [0.717, 1.165) is 23.4 Å². The van der Waals surface area contributed by atoms with Gasteiger partial charge in [-0.15, -0.1) is 0 Å². The topological polar surface area (TPSA) is 84.9 Å². The number of aryl methyl sites for hydroxylation is 2. The largest absolute Gasteiger partial charge is 0.388 e. The Kier molecular flexibility index (Phi) is 2.91. The molecule has 0 unspecified atom stereocenters. The maximum absolute atomic E-state index is 8.87. The van der Waals surface area contributed by atoms with Crippen molar-refractivity contribution >= 4 is 0 Å². The van der Waals surface area contributed by atoms with Gasteiger partial charge in [0.1, 0.15) is 6.61 Å². The van der Waals surface area contributed by atoms with Crippen LogP contribution in [0.1, 0.15) is 24.1 Å². The summed E-state index contributed by atoms with van der Waals surface area (Å²) in [4.78, 5) is 4.05. The van der Waals surface area contributed by atoms with Crippen LogP contribution in [0.15, 0.2) is 10.6 Å². The molecular weight excluding hydrogens is 208 g/mol. The second-order valence-corrected chi connectivity index (χ2v) is 3.37. The Morgan fingerprint density at radius 2 is 2.19 bits per heavy atom. The van der Waals surface area contributed by atoms with Crippen molar-refractivity contribution in [2.24, 2.45) is 0 Å². The van der Waals surface area contributed by atoms with Crippen LogP contribution in [0.25, 0.3) is 11.5 Å². The summed E-state index contributed by atoms with van der Waals surface area (Å²) in [7, 11) is 0. The average Bonchev–Trinajstić information content (AvgIpc) is 2.77. The maximum Gasteiger partial charge on any atom is 0.259 e. The van der Waals surface area contributed by atoms with Gasteiger partial charge in [0.25, 0.3) is 5.89 Å². The molecule has 0 fully saturated rings. The molecule has 0 bridgehead atoms. The van der Waals surface area contributed by atoms with Crippen LogP contribution in [0, 0.1) is 6.92 Å². The smallest absolute Gasteiger partial charge is 0.259 e. The lowest BCUT2D eigenvalue weighted by Crippen LogP contribution is -1.97. The van der Waals surface area contributed by atoms with Gasteiger partial charge in [-0.05, 0) is 19.4 Å². The molecule has 0 amide bonds. The Bertz CT molecular complexity index is 495. The van der Waals surface area contributed by atoms with E-state index in [1.165, 1.54) is 0 Å². The zero-order valence-corrected chi connectivity index (χ0v) is 9.14. The fraction of sp³-hybridized carbons (Fsp3) is 0.400. The summed E-state index contributed by atoms with van der Waals surface area (Å²) in [5.41, 5.74) is 2.37. The first-order valence-corrected chi connectivity index (χ1v) is 5.01. The van der Waals surface area contributed by atoms with Gasteiger partial charge in [0, 0.05) is 0 Å². The summed E-state index contributed by atoms with van der Waals surface area (Å²) in [6, 6.07) is 1.85. The van der Waals surface area contributed by atoms with E-state index in [0.29, 0.717) is 5.89 Å². The Labute approximate surface area is 92.3 Å². The molecule has 0 saturated heterocycles. The van der Waals surface area contributed by atoms with Crippen molar-refractivity contribution in [2.75, 3.05) is 0 Å². The summed E-state index contributed by atoms with van der Waals surface area (Å²) in [5.74, 6) is 0.644. The van der Waals surface area contributed by atoms with E-state index in [1.807, 2.05) is 19.9 Å². The molecule has 2 rings (SSSR count).